The Morgan fingerprint density at radius 1 is 1.50 bits per heavy atom. The van der Waals surface area contributed by atoms with Gasteiger partial charge in [0, 0.05) is 24.2 Å². The number of amides is 1. The van der Waals surface area contributed by atoms with E-state index in [1.54, 1.807) is 6.92 Å². The van der Waals surface area contributed by atoms with Crippen LogP contribution in [0, 0.1) is 10.1 Å². The largest absolute Gasteiger partial charge is 0.335 e. The average Bonchev–Trinajstić information content (AvgIpc) is 2.79. The summed E-state index contributed by atoms with van der Waals surface area (Å²) >= 11 is 5.73. The molecule has 7 nitrogen and oxygen atoms in total. The van der Waals surface area contributed by atoms with Crippen LogP contribution >= 0.6 is 11.6 Å². The molecule has 120 valence electrons. The third kappa shape index (κ3) is 3.38. The summed E-state index contributed by atoms with van der Waals surface area (Å²) in [7, 11) is -3.12. The maximum absolute atomic E-state index is 12.5. The molecule has 1 amide bonds. The van der Waals surface area contributed by atoms with Gasteiger partial charge in [0.05, 0.1) is 16.4 Å². The number of carbonyl (C=O) groups excluding carboxylic acids is 1. The molecule has 1 aromatic rings. The molecule has 1 atom stereocenters. The molecule has 0 N–H and O–H groups in total. The summed E-state index contributed by atoms with van der Waals surface area (Å²) in [4.78, 5) is 24.2. The molecule has 1 aliphatic heterocycles. The van der Waals surface area contributed by atoms with Crippen molar-refractivity contribution in [2.24, 2.45) is 0 Å². The second-order valence-corrected chi connectivity index (χ2v) is 7.71. The fourth-order valence-corrected chi connectivity index (χ4v) is 4.46. The van der Waals surface area contributed by atoms with Crippen molar-refractivity contribution in [2.45, 2.75) is 19.4 Å². The molecule has 1 aromatic carbocycles. The molecule has 1 heterocycles. The third-order valence-corrected chi connectivity index (χ3v) is 5.71. The monoisotopic (exact) mass is 346 g/mol. The Balaban J connectivity index is 2.29. The molecule has 1 aliphatic rings. The first-order valence-corrected chi connectivity index (χ1v) is 8.90. The van der Waals surface area contributed by atoms with E-state index >= 15 is 0 Å². The van der Waals surface area contributed by atoms with Gasteiger partial charge in [-0.25, -0.2) is 8.42 Å². The molecule has 0 saturated carbocycles. The minimum Gasteiger partial charge on any atom is -0.335 e. The molecule has 0 unspecified atom stereocenters. The zero-order valence-electron chi connectivity index (χ0n) is 11.9. The highest BCUT2D eigenvalue weighted by molar-refractivity contribution is 7.91. The van der Waals surface area contributed by atoms with Gasteiger partial charge in [0.2, 0.25) is 0 Å². The number of halogens is 1. The fourth-order valence-electron chi connectivity index (χ4n) is 2.54. The van der Waals surface area contributed by atoms with Gasteiger partial charge >= 0.3 is 0 Å². The van der Waals surface area contributed by atoms with Crippen LogP contribution in [0.2, 0.25) is 5.02 Å². The predicted molar refractivity (Wildman–Crippen MR) is 81.9 cm³/mol. The second kappa shape index (κ2) is 6.21. The van der Waals surface area contributed by atoms with Crippen LogP contribution in [0.15, 0.2) is 18.2 Å². The van der Waals surface area contributed by atoms with Gasteiger partial charge in [0.25, 0.3) is 11.6 Å². The molecule has 22 heavy (non-hydrogen) atoms. The van der Waals surface area contributed by atoms with E-state index in [1.165, 1.54) is 17.0 Å². The van der Waals surface area contributed by atoms with Gasteiger partial charge in [-0.15, -0.1) is 0 Å². The van der Waals surface area contributed by atoms with Gasteiger partial charge in [0.15, 0.2) is 9.84 Å². The maximum Gasteiger partial charge on any atom is 0.288 e. The van der Waals surface area contributed by atoms with Crippen LogP contribution in [0.3, 0.4) is 0 Å². The van der Waals surface area contributed by atoms with Crippen LogP contribution < -0.4 is 0 Å². The van der Waals surface area contributed by atoms with Gasteiger partial charge < -0.3 is 4.90 Å². The molecular weight excluding hydrogens is 332 g/mol. The van der Waals surface area contributed by atoms with Crippen LogP contribution in [0.4, 0.5) is 5.69 Å². The molecule has 0 aliphatic carbocycles. The highest BCUT2D eigenvalue weighted by Crippen LogP contribution is 2.27. The number of rotatable bonds is 4. The van der Waals surface area contributed by atoms with E-state index in [9.17, 15) is 23.3 Å². The lowest BCUT2D eigenvalue weighted by molar-refractivity contribution is -0.384. The first-order chi connectivity index (χ1) is 10.2. The summed E-state index contributed by atoms with van der Waals surface area (Å²) in [6.07, 6.45) is 0.387. The Morgan fingerprint density at radius 2 is 2.18 bits per heavy atom. The van der Waals surface area contributed by atoms with Gasteiger partial charge in [0.1, 0.15) is 5.02 Å². The van der Waals surface area contributed by atoms with Crippen LogP contribution in [0.25, 0.3) is 0 Å². The van der Waals surface area contributed by atoms with Crippen LogP contribution in [-0.2, 0) is 9.84 Å². The number of nitrogens with zero attached hydrogens (tertiary/aromatic N) is 2. The van der Waals surface area contributed by atoms with E-state index < -0.39 is 26.7 Å². The van der Waals surface area contributed by atoms with Crippen LogP contribution in [-0.4, -0.2) is 48.2 Å². The normalized spacial score (nSPS) is 19.8. The Bertz CT molecular complexity index is 719. The second-order valence-electron chi connectivity index (χ2n) is 5.07. The predicted octanol–water partition coefficient (Wildman–Crippen LogP) is 1.90. The zero-order chi connectivity index (χ0) is 16.5. The molecule has 2 rings (SSSR count). The molecule has 1 fully saturated rings. The number of carbonyl (C=O) groups is 1. The van der Waals surface area contributed by atoms with Crippen molar-refractivity contribution in [3.05, 3.63) is 38.9 Å². The lowest BCUT2D eigenvalue weighted by Gasteiger charge is -2.26. The summed E-state index contributed by atoms with van der Waals surface area (Å²) in [5.41, 5.74) is -0.218. The number of sulfone groups is 1. The fraction of sp³-hybridized carbons (Fsp3) is 0.462. The van der Waals surface area contributed by atoms with Crippen molar-refractivity contribution in [2.75, 3.05) is 18.1 Å². The van der Waals surface area contributed by atoms with E-state index in [2.05, 4.69) is 0 Å². The number of hydrogen-bond acceptors (Lipinski definition) is 5. The van der Waals surface area contributed by atoms with Gasteiger partial charge in [-0.1, -0.05) is 11.6 Å². The summed E-state index contributed by atoms with van der Waals surface area (Å²) in [6.45, 7) is 2.07. The lowest BCUT2D eigenvalue weighted by atomic mass is 10.1. The molecule has 0 bridgehead atoms. The van der Waals surface area contributed by atoms with Gasteiger partial charge in [-0.2, -0.15) is 0 Å². The average molecular weight is 347 g/mol. The van der Waals surface area contributed by atoms with E-state index in [1.807, 2.05) is 0 Å². The van der Waals surface area contributed by atoms with Crippen molar-refractivity contribution in [3.8, 4) is 0 Å². The molecule has 9 heteroatoms. The highest BCUT2D eigenvalue weighted by atomic mass is 35.5. The van der Waals surface area contributed by atoms with E-state index in [0.29, 0.717) is 13.0 Å². The van der Waals surface area contributed by atoms with Crippen molar-refractivity contribution in [3.63, 3.8) is 0 Å². The maximum atomic E-state index is 12.5. The Hall–Kier alpha value is -1.67. The van der Waals surface area contributed by atoms with Crippen LogP contribution in [0.5, 0.6) is 0 Å². The van der Waals surface area contributed by atoms with Crippen molar-refractivity contribution in [1.29, 1.82) is 0 Å². The number of nitro benzene ring substituents is 1. The number of benzene rings is 1. The summed E-state index contributed by atoms with van der Waals surface area (Å²) < 4.78 is 23.1. The van der Waals surface area contributed by atoms with Crippen molar-refractivity contribution in [1.82, 2.24) is 4.90 Å². The van der Waals surface area contributed by atoms with Crippen LogP contribution in [0.1, 0.15) is 23.7 Å². The van der Waals surface area contributed by atoms with Gasteiger partial charge in [-0.3, -0.25) is 14.9 Å². The van der Waals surface area contributed by atoms with Crippen molar-refractivity contribution >= 4 is 33.0 Å². The zero-order valence-corrected chi connectivity index (χ0v) is 13.4. The Labute approximate surface area is 132 Å². The Morgan fingerprint density at radius 3 is 2.68 bits per heavy atom. The summed E-state index contributed by atoms with van der Waals surface area (Å²) in [5.74, 6) is -0.436. The smallest absolute Gasteiger partial charge is 0.288 e. The Kier molecular flexibility index (Phi) is 4.72. The van der Waals surface area contributed by atoms with E-state index in [4.69, 9.17) is 11.6 Å². The lowest BCUT2D eigenvalue weighted by Crippen LogP contribution is -2.41. The highest BCUT2D eigenvalue weighted by Gasteiger charge is 2.34. The number of nitro groups is 1. The topological polar surface area (TPSA) is 97.6 Å². The first-order valence-electron chi connectivity index (χ1n) is 6.70. The molecule has 1 saturated heterocycles. The first kappa shape index (κ1) is 16.7. The van der Waals surface area contributed by atoms with Crippen molar-refractivity contribution < 1.29 is 18.1 Å². The van der Waals surface area contributed by atoms with E-state index in [0.717, 1.165) is 6.07 Å². The minimum atomic E-state index is -3.12. The SMILES string of the molecule is CCN(C(=O)c1ccc(Cl)c([N+](=O)[O-])c1)[C@H]1CCS(=O)(=O)C1. The molecular formula is C13H15ClN2O5S. The molecule has 0 radical (unpaired) electrons. The minimum absolute atomic E-state index is 0.0481. The van der Waals surface area contributed by atoms with Gasteiger partial charge in [-0.05, 0) is 25.5 Å². The molecule has 0 aromatic heterocycles. The molecule has 0 spiro atoms. The standard InChI is InChI=1S/C13H15ClN2O5S/c1-2-15(10-5-6-22(20,21)8-10)13(17)9-3-4-11(14)12(7-9)16(18)19/h3-4,7,10H,2,5-6,8H2,1H3/t10-/m0/s1. The number of hydrogen-bond donors (Lipinski definition) is 0. The third-order valence-electron chi connectivity index (χ3n) is 3.64. The van der Waals surface area contributed by atoms with E-state index in [-0.39, 0.29) is 27.8 Å². The summed E-state index contributed by atoms with van der Waals surface area (Å²) in [6, 6.07) is 3.43. The quantitative estimate of drug-likeness (QED) is 0.612. The summed E-state index contributed by atoms with van der Waals surface area (Å²) in [5, 5.41) is 10.8.